The maximum Gasteiger partial charge on any atom is 0.305 e. The first-order chi connectivity index (χ1) is 15.0. The summed E-state index contributed by atoms with van der Waals surface area (Å²) < 4.78 is 23.6. The highest BCUT2D eigenvalue weighted by Gasteiger charge is 2.46. The summed E-state index contributed by atoms with van der Waals surface area (Å²) in [6.45, 7) is 12.8. The second-order valence-corrected chi connectivity index (χ2v) is 16.0. The van der Waals surface area contributed by atoms with Gasteiger partial charge in [0, 0.05) is 32.0 Å². The zero-order valence-electron chi connectivity index (χ0n) is 21.4. The lowest BCUT2D eigenvalue weighted by molar-refractivity contribution is -0.197. The molecule has 1 saturated heterocycles. The first-order valence-electron chi connectivity index (χ1n) is 12.7. The van der Waals surface area contributed by atoms with Crippen LogP contribution in [0, 0.1) is 11.8 Å². The van der Waals surface area contributed by atoms with Crippen LogP contribution in [0.2, 0.25) is 18.1 Å². The summed E-state index contributed by atoms with van der Waals surface area (Å²) in [6, 6.07) is 0. The van der Waals surface area contributed by atoms with Gasteiger partial charge in [-0.1, -0.05) is 40.0 Å². The number of carbonyl (C=O) groups is 1. The summed E-state index contributed by atoms with van der Waals surface area (Å²) in [5.41, 5.74) is 0. The van der Waals surface area contributed by atoms with Crippen LogP contribution in [0.25, 0.3) is 0 Å². The molecule has 7 heteroatoms. The highest BCUT2D eigenvalue weighted by molar-refractivity contribution is 6.74. The second-order valence-electron chi connectivity index (χ2n) is 11.2. The summed E-state index contributed by atoms with van der Waals surface area (Å²) in [4.78, 5) is 11.3. The van der Waals surface area contributed by atoms with Gasteiger partial charge in [0.2, 0.25) is 0 Å². The average Bonchev–Trinajstić information content (AvgIpc) is 3.02. The van der Waals surface area contributed by atoms with Gasteiger partial charge in [0.15, 0.2) is 14.6 Å². The quantitative estimate of drug-likeness (QED) is 0.232. The van der Waals surface area contributed by atoms with Gasteiger partial charge in [-0.3, -0.25) is 4.79 Å². The van der Waals surface area contributed by atoms with Crippen LogP contribution in [0.15, 0.2) is 0 Å². The SMILES string of the molecule is COC(=O)CCCCCCC1C(O)CC(OC2CCCCO2)C1CO[Si](C)(C)C(C)(C)C. The first-order valence-corrected chi connectivity index (χ1v) is 15.6. The Morgan fingerprint density at radius 2 is 1.81 bits per heavy atom. The molecule has 0 bridgehead atoms. The summed E-state index contributed by atoms with van der Waals surface area (Å²) in [7, 11) is -0.444. The van der Waals surface area contributed by atoms with Gasteiger partial charge in [-0.25, -0.2) is 0 Å². The average molecular weight is 473 g/mol. The van der Waals surface area contributed by atoms with Gasteiger partial charge in [0.1, 0.15) is 0 Å². The molecule has 6 nitrogen and oxygen atoms in total. The number of aliphatic hydroxyl groups is 1. The molecule has 0 aromatic carbocycles. The molecule has 2 aliphatic rings. The van der Waals surface area contributed by atoms with Crippen molar-refractivity contribution >= 4 is 14.3 Å². The van der Waals surface area contributed by atoms with Crippen LogP contribution in [0.3, 0.4) is 0 Å². The largest absolute Gasteiger partial charge is 0.469 e. The van der Waals surface area contributed by atoms with E-state index in [-0.39, 0.29) is 41.3 Å². The van der Waals surface area contributed by atoms with E-state index >= 15 is 0 Å². The zero-order valence-corrected chi connectivity index (χ0v) is 22.4. The minimum atomic E-state index is -1.88. The molecule has 1 aliphatic heterocycles. The van der Waals surface area contributed by atoms with E-state index in [4.69, 9.17) is 18.6 Å². The fourth-order valence-electron chi connectivity index (χ4n) is 4.58. The number of hydrogen-bond donors (Lipinski definition) is 1. The van der Waals surface area contributed by atoms with Crippen LogP contribution in [0.5, 0.6) is 0 Å². The van der Waals surface area contributed by atoms with Crippen molar-refractivity contribution in [3.63, 3.8) is 0 Å². The topological polar surface area (TPSA) is 74.2 Å². The summed E-state index contributed by atoms with van der Waals surface area (Å²) in [5.74, 6) is 0.248. The van der Waals surface area contributed by atoms with Gasteiger partial charge >= 0.3 is 5.97 Å². The van der Waals surface area contributed by atoms with Gasteiger partial charge < -0.3 is 23.7 Å². The molecule has 2 fully saturated rings. The molecule has 0 spiro atoms. The third kappa shape index (κ3) is 8.39. The standard InChI is InChI=1S/C25H48O6Si/c1-25(2,3)32(5,6)30-18-20-19(13-9-7-8-10-14-23(27)28-4)21(26)17-22(20)31-24-15-11-12-16-29-24/h19-22,24,26H,7-18H2,1-6H3. The molecule has 0 aromatic rings. The van der Waals surface area contributed by atoms with Gasteiger partial charge in [-0.15, -0.1) is 0 Å². The molecule has 0 radical (unpaired) electrons. The lowest BCUT2D eigenvalue weighted by Gasteiger charge is -2.38. The van der Waals surface area contributed by atoms with Crippen molar-refractivity contribution in [2.75, 3.05) is 20.3 Å². The fraction of sp³-hybridized carbons (Fsp3) is 0.960. The molecule has 1 saturated carbocycles. The van der Waals surface area contributed by atoms with E-state index in [9.17, 15) is 9.90 Å². The van der Waals surface area contributed by atoms with Gasteiger partial charge in [-0.2, -0.15) is 0 Å². The predicted molar refractivity (Wildman–Crippen MR) is 129 cm³/mol. The van der Waals surface area contributed by atoms with Gasteiger partial charge in [0.25, 0.3) is 0 Å². The van der Waals surface area contributed by atoms with Gasteiger partial charge in [-0.05, 0) is 56.2 Å². The second kappa shape index (κ2) is 12.8. The Bertz CT molecular complexity index is 555. The highest BCUT2D eigenvalue weighted by Crippen LogP contribution is 2.42. The van der Waals surface area contributed by atoms with Crippen molar-refractivity contribution in [3.05, 3.63) is 0 Å². The number of methoxy groups -OCH3 is 1. The van der Waals surface area contributed by atoms with E-state index < -0.39 is 8.32 Å². The van der Waals surface area contributed by atoms with E-state index in [1.807, 2.05) is 0 Å². The van der Waals surface area contributed by atoms with E-state index in [1.54, 1.807) is 0 Å². The fourth-order valence-corrected chi connectivity index (χ4v) is 5.62. The summed E-state index contributed by atoms with van der Waals surface area (Å²) in [6.07, 6.45) is 8.78. The molecule has 1 aliphatic carbocycles. The Morgan fingerprint density at radius 1 is 1.09 bits per heavy atom. The summed E-state index contributed by atoms with van der Waals surface area (Å²) in [5, 5.41) is 11.1. The molecule has 1 heterocycles. The molecule has 5 atom stereocenters. The molecule has 5 unspecified atom stereocenters. The first kappa shape index (κ1) is 27.8. The normalized spacial score (nSPS) is 29.3. The monoisotopic (exact) mass is 472 g/mol. The number of hydrogen-bond acceptors (Lipinski definition) is 6. The molecular weight excluding hydrogens is 424 g/mol. The molecular formula is C25H48O6Si. The van der Waals surface area contributed by atoms with E-state index in [1.165, 1.54) is 7.11 Å². The minimum absolute atomic E-state index is 0.0119. The van der Waals surface area contributed by atoms with Crippen LogP contribution >= 0.6 is 0 Å². The third-order valence-corrected chi connectivity index (χ3v) is 12.3. The maximum atomic E-state index is 11.3. The van der Waals surface area contributed by atoms with Crippen LogP contribution < -0.4 is 0 Å². The number of esters is 1. The predicted octanol–water partition coefficient (Wildman–Crippen LogP) is 5.43. The number of aliphatic hydroxyl groups excluding tert-OH is 1. The number of unbranched alkanes of at least 4 members (excludes halogenated alkanes) is 3. The van der Waals surface area contributed by atoms with E-state index in [0.29, 0.717) is 19.4 Å². The molecule has 2 rings (SSSR count). The van der Waals surface area contributed by atoms with Gasteiger partial charge in [0.05, 0.1) is 19.3 Å². The molecule has 188 valence electrons. The lowest BCUT2D eigenvalue weighted by atomic mass is 9.89. The Balaban J connectivity index is 1.94. The number of ether oxygens (including phenoxy) is 3. The zero-order chi connectivity index (χ0) is 23.8. The smallest absolute Gasteiger partial charge is 0.305 e. The van der Waals surface area contributed by atoms with Crippen molar-refractivity contribution in [3.8, 4) is 0 Å². The Morgan fingerprint density at radius 3 is 2.44 bits per heavy atom. The van der Waals surface area contributed by atoms with Crippen molar-refractivity contribution in [1.82, 2.24) is 0 Å². The number of carbonyl (C=O) groups excluding carboxylic acids is 1. The van der Waals surface area contributed by atoms with Crippen LogP contribution in [-0.2, 0) is 23.4 Å². The molecule has 0 aromatic heterocycles. The van der Waals surface area contributed by atoms with Crippen molar-refractivity contribution in [1.29, 1.82) is 0 Å². The van der Waals surface area contributed by atoms with Crippen LogP contribution in [-0.4, -0.2) is 58.2 Å². The van der Waals surface area contributed by atoms with E-state index in [0.717, 1.165) is 58.0 Å². The van der Waals surface area contributed by atoms with Crippen LogP contribution in [0.1, 0.15) is 85.0 Å². The van der Waals surface area contributed by atoms with Crippen molar-refractivity contribution in [2.24, 2.45) is 11.8 Å². The van der Waals surface area contributed by atoms with Crippen molar-refractivity contribution in [2.45, 2.75) is 122 Å². The van der Waals surface area contributed by atoms with E-state index in [2.05, 4.69) is 33.9 Å². The maximum absolute atomic E-state index is 11.3. The molecule has 32 heavy (non-hydrogen) atoms. The Kier molecular flexibility index (Phi) is 11.1. The Labute approximate surface area is 196 Å². The minimum Gasteiger partial charge on any atom is -0.469 e. The van der Waals surface area contributed by atoms with Crippen LogP contribution in [0.4, 0.5) is 0 Å². The molecule has 1 N–H and O–H groups in total. The lowest BCUT2D eigenvalue weighted by Crippen LogP contribution is -2.44. The molecule has 0 amide bonds. The Hall–Kier alpha value is -0.473. The third-order valence-electron chi connectivity index (χ3n) is 7.80. The highest BCUT2D eigenvalue weighted by atomic mass is 28.4. The summed E-state index contributed by atoms with van der Waals surface area (Å²) >= 11 is 0. The number of rotatable bonds is 12. The van der Waals surface area contributed by atoms with Crippen molar-refractivity contribution < 1.29 is 28.5 Å².